The molecule has 10 heteroatoms. The molecule has 0 aliphatic carbocycles. The van der Waals surface area contributed by atoms with Crippen LogP contribution in [0.15, 0.2) is 36.7 Å². The van der Waals surface area contributed by atoms with Crippen molar-refractivity contribution < 1.29 is 4.79 Å². The Bertz CT molecular complexity index is 1210. The molecule has 0 aromatic carbocycles. The van der Waals surface area contributed by atoms with E-state index in [2.05, 4.69) is 35.8 Å². The number of carbonyl (C=O) groups is 1. The Labute approximate surface area is 177 Å². The standard InChI is InChI=1S/C20H20N8OS/c1-11(2)28-19(25-26-27-28)15-6-5-7-18(23-15)24-20(29)16-8-14(12(3)9-22-16)17-10-21-13(4)30-17/h5-11H,1-4H3,(H,23,24,29). The largest absolute Gasteiger partial charge is 0.305 e. The number of anilines is 1. The van der Waals surface area contributed by atoms with E-state index in [0.717, 1.165) is 21.0 Å². The second-order valence-corrected chi connectivity index (χ2v) is 8.27. The SMILES string of the molecule is Cc1ncc(-c2cc(C(=O)Nc3cccc(-c4nnnn4C(C)C)n3)ncc2C)s1. The van der Waals surface area contributed by atoms with Gasteiger partial charge < -0.3 is 5.32 Å². The highest BCUT2D eigenvalue weighted by molar-refractivity contribution is 7.15. The summed E-state index contributed by atoms with van der Waals surface area (Å²) in [6.07, 6.45) is 3.51. The van der Waals surface area contributed by atoms with Crippen molar-refractivity contribution in [3.63, 3.8) is 0 Å². The summed E-state index contributed by atoms with van der Waals surface area (Å²) in [5.74, 6) is 0.594. The topological polar surface area (TPSA) is 111 Å². The third-order valence-electron chi connectivity index (χ3n) is 4.42. The van der Waals surface area contributed by atoms with Gasteiger partial charge in [0.2, 0.25) is 5.82 Å². The number of thiazole rings is 1. The van der Waals surface area contributed by atoms with Crippen LogP contribution in [0, 0.1) is 13.8 Å². The molecule has 9 nitrogen and oxygen atoms in total. The van der Waals surface area contributed by atoms with Crippen molar-refractivity contribution in [1.29, 1.82) is 0 Å². The molecular weight excluding hydrogens is 400 g/mol. The Morgan fingerprint density at radius 2 is 2.00 bits per heavy atom. The number of nitrogens with zero attached hydrogens (tertiary/aromatic N) is 7. The van der Waals surface area contributed by atoms with E-state index in [4.69, 9.17) is 0 Å². The second kappa shape index (κ2) is 8.07. The Hall–Kier alpha value is -3.53. The van der Waals surface area contributed by atoms with Crippen LogP contribution in [0.5, 0.6) is 0 Å². The van der Waals surface area contributed by atoms with Crippen LogP contribution < -0.4 is 5.32 Å². The number of aryl methyl sites for hydroxylation is 2. The molecule has 1 amide bonds. The molecule has 0 fully saturated rings. The van der Waals surface area contributed by atoms with Gasteiger partial charge in [-0.3, -0.25) is 9.78 Å². The summed E-state index contributed by atoms with van der Waals surface area (Å²) in [6.45, 7) is 7.88. The molecule has 0 aliphatic rings. The summed E-state index contributed by atoms with van der Waals surface area (Å²) in [7, 11) is 0. The van der Waals surface area contributed by atoms with E-state index in [0.29, 0.717) is 23.0 Å². The van der Waals surface area contributed by atoms with Crippen LogP contribution in [0.25, 0.3) is 22.0 Å². The highest BCUT2D eigenvalue weighted by Crippen LogP contribution is 2.29. The van der Waals surface area contributed by atoms with Crippen LogP contribution in [-0.2, 0) is 0 Å². The zero-order chi connectivity index (χ0) is 21.3. The van der Waals surface area contributed by atoms with Gasteiger partial charge in [0, 0.05) is 18.0 Å². The molecule has 0 saturated carbocycles. The lowest BCUT2D eigenvalue weighted by Crippen LogP contribution is -2.15. The molecule has 1 N–H and O–H groups in total. The maximum atomic E-state index is 12.8. The van der Waals surface area contributed by atoms with Crippen LogP contribution in [0.2, 0.25) is 0 Å². The second-order valence-electron chi connectivity index (χ2n) is 7.03. The summed E-state index contributed by atoms with van der Waals surface area (Å²) in [5.41, 5.74) is 2.81. The van der Waals surface area contributed by atoms with E-state index in [9.17, 15) is 4.79 Å². The summed E-state index contributed by atoms with van der Waals surface area (Å²) in [4.78, 5) is 26.9. The van der Waals surface area contributed by atoms with Gasteiger partial charge >= 0.3 is 0 Å². The first-order valence-corrected chi connectivity index (χ1v) is 10.2. The summed E-state index contributed by atoms with van der Waals surface area (Å²) in [6, 6.07) is 7.17. The minimum Gasteiger partial charge on any atom is -0.305 e. The number of hydrogen-bond donors (Lipinski definition) is 1. The average molecular weight is 421 g/mol. The van der Waals surface area contributed by atoms with E-state index in [1.54, 1.807) is 46.5 Å². The molecule has 0 aliphatic heterocycles. The Morgan fingerprint density at radius 3 is 2.73 bits per heavy atom. The molecule has 4 aromatic rings. The zero-order valence-electron chi connectivity index (χ0n) is 17.0. The summed E-state index contributed by atoms with van der Waals surface area (Å²) < 4.78 is 1.68. The van der Waals surface area contributed by atoms with Gasteiger partial charge in [-0.1, -0.05) is 6.07 Å². The van der Waals surface area contributed by atoms with Crippen molar-refractivity contribution in [3.05, 3.63) is 52.9 Å². The predicted octanol–water partition coefficient (Wildman–Crippen LogP) is 3.70. The Morgan fingerprint density at radius 1 is 1.17 bits per heavy atom. The van der Waals surface area contributed by atoms with Crippen molar-refractivity contribution in [2.75, 3.05) is 5.32 Å². The first-order valence-electron chi connectivity index (χ1n) is 9.38. The van der Waals surface area contributed by atoms with E-state index in [-0.39, 0.29) is 11.9 Å². The van der Waals surface area contributed by atoms with Gasteiger partial charge in [0.1, 0.15) is 17.2 Å². The third kappa shape index (κ3) is 3.94. The van der Waals surface area contributed by atoms with Crippen molar-refractivity contribution in [2.24, 2.45) is 0 Å². The number of amides is 1. The average Bonchev–Trinajstić information content (AvgIpc) is 3.38. The highest BCUT2D eigenvalue weighted by Gasteiger charge is 2.16. The third-order valence-corrected chi connectivity index (χ3v) is 5.37. The minimum absolute atomic E-state index is 0.0839. The Balaban J connectivity index is 1.60. The van der Waals surface area contributed by atoms with E-state index < -0.39 is 0 Å². The quantitative estimate of drug-likeness (QED) is 0.524. The molecule has 30 heavy (non-hydrogen) atoms. The number of aromatic nitrogens is 7. The first-order chi connectivity index (χ1) is 14.4. The van der Waals surface area contributed by atoms with Gasteiger partial charge in [-0.25, -0.2) is 14.6 Å². The number of hydrogen-bond acceptors (Lipinski definition) is 8. The first kappa shape index (κ1) is 19.8. The monoisotopic (exact) mass is 420 g/mol. The fraction of sp³-hybridized carbons (Fsp3) is 0.250. The molecule has 152 valence electrons. The van der Waals surface area contributed by atoms with Crippen LogP contribution in [0.3, 0.4) is 0 Å². The fourth-order valence-corrected chi connectivity index (χ4v) is 3.78. The summed E-state index contributed by atoms with van der Waals surface area (Å²) in [5, 5.41) is 15.6. The van der Waals surface area contributed by atoms with E-state index in [1.807, 2.05) is 33.9 Å². The lowest BCUT2D eigenvalue weighted by atomic mass is 10.1. The molecule has 4 aromatic heterocycles. The van der Waals surface area contributed by atoms with Crippen LogP contribution in [-0.4, -0.2) is 41.1 Å². The maximum absolute atomic E-state index is 12.8. The van der Waals surface area contributed by atoms with E-state index in [1.165, 1.54) is 0 Å². The van der Waals surface area contributed by atoms with Crippen molar-refractivity contribution in [2.45, 2.75) is 33.7 Å². The molecule has 0 unspecified atom stereocenters. The van der Waals surface area contributed by atoms with Gasteiger partial charge in [0.05, 0.1) is 15.9 Å². The van der Waals surface area contributed by atoms with Crippen molar-refractivity contribution in [1.82, 2.24) is 35.2 Å². The van der Waals surface area contributed by atoms with Gasteiger partial charge in [0.25, 0.3) is 5.91 Å². The van der Waals surface area contributed by atoms with Crippen LogP contribution in [0.4, 0.5) is 5.82 Å². The normalized spacial score (nSPS) is 11.1. The van der Waals surface area contributed by atoms with Gasteiger partial charge in [-0.05, 0) is 61.9 Å². The van der Waals surface area contributed by atoms with Crippen LogP contribution >= 0.6 is 11.3 Å². The van der Waals surface area contributed by atoms with Crippen molar-refractivity contribution in [3.8, 4) is 22.0 Å². The van der Waals surface area contributed by atoms with Gasteiger partial charge in [0.15, 0.2) is 0 Å². The molecule has 0 radical (unpaired) electrons. The maximum Gasteiger partial charge on any atom is 0.275 e. The number of nitrogens with one attached hydrogen (secondary N) is 1. The molecule has 0 saturated heterocycles. The predicted molar refractivity (Wildman–Crippen MR) is 114 cm³/mol. The number of rotatable bonds is 5. The van der Waals surface area contributed by atoms with Gasteiger partial charge in [-0.2, -0.15) is 0 Å². The molecule has 0 spiro atoms. The lowest BCUT2D eigenvalue weighted by Gasteiger charge is -2.09. The minimum atomic E-state index is -0.342. The van der Waals surface area contributed by atoms with Crippen LogP contribution in [0.1, 0.15) is 40.9 Å². The molecule has 4 rings (SSSR count). The lowest BCUT2D eigenvalue weighted by molar-refractivity contribution is 0.102. The molecule has 0 bridgehead atoms. The highest BCUT2D eigenvalue weighted by atomic mass is 32.1. The number of carbonyl (C=O) groups excluding carboxylic acids is 1. The zero-order valence-corrected chi connectivity index (χ0v) is 17.8. The Kier molecular flexibility index (Phi) is 5.32. The number of tetrazole rings is 1. The molecular formula is C20H20N8OS. The summed E-state index contributed by atoms with van der Waals surface area (Å²) >= 11 is 1.58. The van der Waals surface area contributed by atoms with E-state index >= 15 is 0 Å². The smallest absolute Gasteiger partial charge is 0.275 e. The fourth-order valence-electron chi connectivity index (χ4n) is 2.92. The number of pyridine rings is 2. The molecule has 0 atom stereocenters. The van der Waals surface area contributed by atoms with Gasteiger partial charge in [-0.15, -0.1) is 16.4 Å². The molecule has 4 heterocycles. The van der Waals surface area contributed by atoms with Crippen molar-refractivity contribution >= 4 is 23.1 Å².